The van der Waals surface area contributed by atoms with E-state index in [1.54, 1.807) is 7.05 Å². The molecule has 2 nitrogen and oxygen atoms in total. The minimum atomic E-state index is 0. The van der Waals surface area contributed by atoms with Gasteiger partial charge in [0, 0.05) is 13.5 Å². The second kappa shape index (κ2) is 6.07. The predicted molar refractivity (Wildman–Crippen MR) is 24.4 cm³/mol. The Balaban J connectivity index is 0. The fourth-order valence-electron chi connectivity index (χ4n) is 0.177. The topological polar surface area (TPSA) is 29.1 Å². The van der Waals surface area contributed by atoms with E-state index < -0.39 is 0 Å². The van der Waals surface area contributed by atoms with E-state index in [0.717, 1.165) is 0 Å². The molecule has 0 spiro atoms. The number of nitrogens with one attached hydrogen (secondary N) is 1. The van der Waals surface area contributed by atoms with Crippen LogP contribution >= 0.6 is 0 Å². The van der Waals surface area contributed by atoms with Crippen LogP contribution < -0.4 is 24.2 Å². The van der Waals surface area contributed by atoms with E-state index in [1.807, 2.05) is 6.92 Å². The van der Waals surface area contributed by atoms with Crippen molar-refractivity contribution >= 4 is 5.91 Å². The quantitative estimate of drug-likeness (QED) is 0.348. The Labute approximate surface area is 55.8 Å². The summed E-state index contributed by atoms with van der Waals surface area (Å²) in [5, 5.41) is 2.48. The predicted octanol–water partition coefficient (Wildman–Crippen LogP) is -2.85. The molecule has 0 unspecified atom stereocenters. The molecule has 0 saturated carbocycles. The molecule has 0 saturated heterocycles. The third-order valence-corrected chi connectivity index (χ3v) is 0.600. The molecule has 0 fully saturated rings. The molecule has 0 aromatic rings. The molecule has 0 aliphatic rings. The Morgan fingerprint density at radius 2 is 2.14 bits per heavy atom. The molecule has 7 heavy (non-hydrogen) atoms. The van der Waals surface area contributed by atoms with Crippen molar-refractivity contribution < 1.29 is 23.7 Å². The van der Waals surface area contributed by atoms with Gasteiger partial charge in [-0.05, 0) is 0 Å². The molecule has 3 heteroatoms. The van der Waals surface area contributed by atoms with Gasteiger partial charge < -0.3 is 5.32 Å². The van der Waals surface area contributed by atoms with E-state index in [1.165, 1.54) is 0 Å². The summed E-state index contributed by atoms with van der Waals surface area (Å²) in [5.74, 6) is 0.0926. The summed E-state index contributed by atoms with van der Waals surface area (Å²) in [7, 11) is 1.63. The molecule has 0 atom stereocenters. The molecule has 0 bridgehead atoms. The summed E-state index contributed by atoms with van der Waals surface area (Å²) < 4.78 is 0. The average molecular weight is 94.1 g/mol. The van der Waals surface area contributed by atoms with Gasteiger partial charge in [-0.2, -0.15) is 0 Å². The van der Waals surface area contributed by atoms with Crippen molar-refractivity contribution in [3.63, 3.8) is 0 Å². The van der Waals surface area contributed by atoms with Gasteiger partial charge in [-0.3, -0.25) is 4.79 Å². The van der Waals surface area contributed by atoms with E-state index in [2.05, 4.69) is 5.32 Å². The molecule has 0 aliphatic carbocycles. The fraction of sp³-hybridized carbons (Fsp3) is 0.750. The molecule has 0 rings (SSSR count). The SMILES string of the molecule is CCC(=O)NC.[Li+]. The van der Waals surface area contributed by atoms with Gasteiger partial charge in [0.25, 0.3) is 0 Å². The van der Waals surface area contributed by atoms with Crippen LogP contribution in [-0.4, -0.2) is 13.0 Å². The molecule has 36 valence electrons. The number of hydrogen-bond acceptors (Lipinski definition) is 1. The van der Waals surface area contributed by atoms with Crippen LogP contribution in [0.3, 0.4) is 0 Å². The van der Waals surface area contributed by atoms with Crippen molar-refractivity contribution in [2.75, 3.05) is 7.05 Å². The van der Waals surface area contributed by atoms with Crippen molar-refractivity contribution in [2.24, 2.45) is 0 Å². The largest absolute Gasteiger partial charge is 1.00 e. The first kappa shape index (κ1) is 10.1. The molecular formula is C4H9LiNO+. The summed E-state index contributed by atoms with van der Waals surface area (Å²) in [6.45, 7) is 1.82. The minimum Gasteiger partial charge on any atom is -0.359 e. The standard InChI is InChI=1S/C4H9NO.Li/c1-3-4(6)5-2;/h3H2,1-2H3,(H,5,6);/q;+1. The van der Waals surface area contributed by atoms with E-state index in [-0.39, 0.29) is 24.8 Å². The van der Waals surface area contributed by atoms with Crippen molar-refractivity contribution in [2.45, 2.75) is 13.3 Å². The summed E-state index contributed by atoms with van der Waals surface area (Å²) in [4.78, 5) is 10.1. The molecule has 0 radical (unpaired) electrons. The van der Waals surface area contributed by atoms with Gasteiger partial charge in [0.05, 0.1) is 0 Å². The van der Waals surface area contributed by atoms with Crippen LogP contribution in [0.2, 0.25) is 0 Å². The average Bonchev–Trinajstić information content (AvgIpc) is 1.65. The Kier molecular flexibility index (Phi) is 8.78. The maximum atomic E-state index is 10.1. The van der Waals surface area contributed by atoms with Gasteiger partial charge >= 0.3 is 18.9 Å². The summed E-state index contributed by atoms with van der Waals surface area (Å²) >= 11 is 0. The maximum absolute atomic E-state index is 10.1. The van der Waals surface area contributed by atoms with Gasteiger partial charge in [-0.25, -0.2) is 0 Å². The van der Waals surface area contributed by atoms with E-state index in [9.17, 15) is 4.79 Å². The number of carbonyl (C=O) groups is 1. The Hall–Kier alpha value is 0.0674. The van der Waals surface area contributed by atoms with Gasteiger partial charge in [-0.1, -0.05) is 6.92 Å². The van der Waals surface area contributed by atoms with E-state index >= 15 is 0 Å². The molecule has 1 amide bonds. The van der Waals surface area contributed by atoms with Crippen molar-refractivity contribution in [1.82, 2.24) is 5.32 Å². The normalized spacial score (nSPS) is 6.57. The van der Waals surface area contributed by atoms with Gasteiger partial charge in [0.1, 0.15) is 0 Å². The first-order valence-corrected chi connectivity index (χ1v) is 2.01. The van der Waals surface area contributed by atoms with Crippen LogP contribution in [0.15, 0.2) is 0 Å². The van der Waals surface area contributed by atoms with Gasteiger partial charge in [-0.15, -0.1) is 0 Å². The first-order chi connectivity index (χ1) is 2.81. The second-order valence-corrected chi connectivity index (χ2v) is 1.03. The van der Waals surface area contributed by atoms with Crippen molar-refractivity contribution in [1.29, 1.82) is 0 Å². The summed E-state index contributed by atoms with van der Waals surface area (Å²) in [5.41, 5.74) is 0. The van der Waals surface area contributed by atoms with Crippen molar-refractivity contribution in [3.05, 3.63) is 0 Å². The van der Waals surface area contributed by atoms with E-state index in [0.29, 0.717) is 6.42 Å². The molecule has 0 aromatic heterocycles. The summed E-state index contributed by atoms with van der Waals surface area (Å²) in [6, 6.07) is 0. The smallest absolute Gasteiger partial charge is 0.359 e. The molecule has 0 aliphatic heterocycles. The van der Waals surface area contributed by atoms with Crippen LogP contribution in [0.5, 0.6) is 0 Å². The zero-order valence-corrected chi connectivity index (χ0v) is 5.12. The number of amides is 1. The number of rotatable bonds is 1. The maximum Gasteiger partial charge on any atom is 1.00 e. The zero-order chi connectivity index (χ0) is 4.99. The Morgan fingerprint density at radius 1 is 1.71 bits per heavy atom. The summed E-state index contributed by atoms with van der Waals surface area (Å²) in [6.07, 6.45) is 0.580. The van der Waals surface area contributed by atoms with Crippen LogP contribution in [-0.2, 0) is 4.79 Å². The fourth-order valence-corrected chi connectivity index (χ4v) is 0.177. The van der Waals surface area contributed by atoms with Crippen LogP contribution in [0.25, 0.3) is 0 Å². The number of carbonyl (C=O) groups excluding carboxylic acids is 1. The van der Waals surface area contributed by atoms with E-state index in [4.69, 9.17) is 0 Å². The number of hydrogen-bond donors (Lipinski definition) is 1. The minimum absolute atomic E-state index is 0. The van der Waals surface area contributed by atoms with Crippen LogP contribution in [0, 0.1) is 0 Å². The molecular weight excluding hydrogens is 85.0 g/mol. The second-order valence-electron chi connectivity index (χ2n) is 1.03. The van der Waals surface area contributed by atoms with Gasteiger partial charge in [0.2, 0.25) is 5.91 Å². The molecule has 1 N–H and O–H groups in total. The first-order valence-electron chi connectivity index (χ1n) is 2.01. The van der Waals surface area contributed by atoms with Crippen molar-refractivity contribution in [3.8, 4) is 0 Å². The monoisotopic (exact) mass is 94.1 g/mol. The molecule has 0 aromatic carbocycles. The van der Waals surface area contributed by atoms with Crippen LogP contribution in [0.1, 0.15) is 13.3 Å². The molecule has 0 heterocycles. The van der Waals surface area contributed by atoms with Gasteiger partial charge in [0.15, 0.2) is 0 Å². The Bertz CT molecular complexity index is 49.7. The Morgan fingerprint density at radius 3 is 2.14 bits per heavy atom. The third-order valence-electron chi connectivity index (χ3n) is 0.600. The zero-order valence-electron chi connectivity index (χ0n) is 5.12. The third kappa shape index (κ3) is 6.07. The van der Waals surface area contributed by atoms with Crippen LogP contribution in [0.4, 0.5) is 0 Å².